The summed E-state index contributed by atoms with van der Waals surface area (Å²) in [5.74, 6) is 0.533. The Morgan fingerprint density at radius 3 is 2.71 bits per heavy atom. The Balaban J connectivity index is 2.31. The van der Waals surface area contributed by atoms with Crippen LogP contribution >= 0.6 is 0 Å². The predicted octanol–water partition coefficient (Wildman–Crippen LogP) is 3.41. The average molecular weight is 282 g/mol. The van der Waals surface area contributed by atoms with E-state index in [1.807, 2.05) is 0 Å². The van der Waals surface area contributed by atoms with Crippen LogP contribution in [0.1, 0.15) is 0 Å². The van der Waals surface area contributed by atoms with Gasteiger partial charge in [0.05, 0.1) is 12.5 Å². The van der Waals surface area contributed by atoms with E-state index in [2.05, 4.69) is 0 Å². The highest BCUT2D eigenvalue weighted by Gasteiger charge is 2.18. The van der Waals surface area contributed by atoms with Crippen LogP contribution in [0.5, 0.6) is 11.5 Å². The third kappa shape index (κ3) is 1.54. The molecule has 2 aromatic heterocycles. The molecule has 0 aliphatic heterocycles. The molecule has 2 heterocycles. The zero-order valence-electron chi connectivity index (χ0n) is 11.0. The second kappa shape index (κ2) is 4.02. The highest BCUT2D eigenvalue weighted by Crippen LogP contribution is 2.35. The molecule has 5 nitrogen and oxygen atoms in total. The number of methoxy groups -OCH3 is 1. The summed E-state index contributed by atoms with van der Waals surface area (Å²) in [5.41, 5.74) is 0.776. The Morgan fingerprint density at radius 2 is 1.90 bits per heavy atom. The fourth-order valence-electron chi connectivity index (χ4n) is 2.58. The molecule has 0 saturated heterocycles. The molecule has 5 heteroatoms. The van der Waals surface area contributed by atoms with Gasteiger partial charge in [0, 0.05) is 5.39 Å². The van der Waals surface area contributed by atoms with Gasteiger partial charge in [-0.3, -0.25) is 0 Å². The Labute approximate surface area is 118 Å². The van der Waals surface area contributed by atoms with Gasteiger partial charge in [-0.25, -0.2) is 4.79 Å². The second-order valence-electron chi connectivity index (χ2n) is 4.71. The number of phenols is 1. The summed E-state index contributed by atoms with van der Waals surface area (Å²) in [6, 6.07) is 9.93. The van der Waals surface area contributed by atoms with Crippen molar-refractivity contribution in [2.45, 2.75) is 0 Å². The molecular formula is C16H10O5. The fourth-order valence-corrected chi connectivity index (χ4v) is 2.58. The van der Waals surface area contributed by atoms with Crippen molar-refractivity contribution in [3.63, 3.8) is 0 Å². The highest BCUT2D eigenvalue weighted by molar-refractivity contribution is 6.13. The Kier molecular flexibility index (Phi) is 2.27. The predicted molar refractivity (Wildman–Crippen MR) is 78.0 cm³/mol. The molecule has 0 aliphatic carbocycles. The number of phenolic OH excluding ortho intramolecular Hbond substituents is 1. The lowest BCUT2D eigenvalue weighted by Gasteiger charge is -2.03. The molecule has 0 aliphatic rings. The maximum absolute atomic E-state index is 12.3. The van der Waals surface area contributed by atoms with Crippen LogP contribution in [0.15, 0.2) is 50.0 Å². The lowest BCUT2D eigenvalue weighted by atomic mass is 10.1. The topological polar surface area (TPSA) is 72.8 Å². The first-order valence-electron chi connectivity index (χ1n) is 6.34. The smallest absolute Gasteiger partial charge is 0.348 e. The second-order valence-corrected chi connectivity index (χ2v) is 4.71. The highest BCUT2D eigenvalue weighted by atomic mass is 16.5. The number of benzene rings is 2. The van der Waals surface area contributed by atoms with Crippen molar-refractivity contribution in [2.24, 2.45) is 0 Å². The molecule has 0 fully saturated rings. The number of hydrogen-bond acceptors (Lipinski definition) is 5. The minimum absolute atomic E-state index is 0.0651. The van der Waals surface area contributed by atoms with Gasteiger partial charge in [-0.1, -0.05) is 6.07 Å². The van der Waals surface area contributed by atoms with E-state index in [1.54, 1.807) is 24.3 Å². The SMILES string of the molecule is COc1cccc2c1oc(=O)c1c3cc(O)ccc3oc21. The summed E-state index contributed by atoms with van der Waals surface area (Å²) >= 11 is 0. The van der Waals surface area contributed by atoms with E-state index in [4.69, 9.17) is 13.6 Å². The van der Waals surface area contributed by atoms with Crippen LogP contribution in [0.3, 0.4) is 0 Å². The van der Waals surface area contributed by atoms with E-state index >= 15 is 0 Å². The van der Waals surface area contributed by atoms with E-state index in [1.165, 1.54) is 19.2 Å². The molecule has 21 heavy (non-hydrogen) atoms. The standard InChI is InChI=1S/C16H10O5/c1-19-12-4-2-3-9-14(12)21-16(18)13-10-7-8(17)5-6-11(10)20-15(9)13/h2-7,17H,1H3. The lowest BCUT2D eigenvalue weighted by molar-refractivity contribution is 0.407. The number of para-hydroxylation sites is 1. The van der Waals surface area contributed by atoms with Crippen LogP contribution in [0, 0.1) is 0 Å². The normalized spacial score (nSPS) is 11.5. The van der Waals surface area contributed by atoms with Gasteiger partial charge in [0.1, 0.15) is 16.7 Å². The van der Waals surface area contributed by atoms with Crippen molar-refractivity contribution in [1.29, 1.82) is 0 Å². The maximum atomic E-state index is 12.3. The van der Waals surface area contributed by atoms with Gasteiger partial charge in [-0.15, -0.1) is 0 Å². The third-order valence-electron chi connectivity index (χ3n) is 3.51. The number of furan rings is 1. The van der Waals surface area contributed by atoms with E-state index in [0.29, 0.717) is 38.7 Å². The summed E-state index contributed by atoms with van der Waals surface area (Å²) in [4.78, 5) is 12.3. The first kappa shape index (κ1) is 11.8. The molecule has 4 aromatic rings. The molecule has 0 saturated carbocycles. The number of ether oxygens (including phenoxy) is 1. The zero-order chi connectivity index (χ0) is 14.6. The van der Waals surface area contributed by atoms with E-state index < -0.39 is 5.63 Å². The molecule has 1 N–H and O–H groups in total. The first-order valence-corrected chi connectivity index (χ1v) is 6.34. The Bertz CT molecular complexity index is 1060. The third-order valence-corrected chi connectivity index (χ3v) is 3.51. The van der Waals surface area contributed by atoms with Crippen LogP contribution < -0.4 is 10.4 Å². The lowest BCUT2D eigenvalue weighted by Crippen LogP contribution is -1.99. The van der Waals surface area contributed by atoms with E-state index in [0.717, 1.165) is 0 Å². The zero-order valence-corrected chi connectivity index (χ0v) is 11.0. The molecule has 0 amide bonds. The van der Waals surface area contributed by atoms with Gasteiger partial charge in [-0.2, -0.15) is 0 Å². The van der Waals surface area contributed by atoms with Gasteiger partial charge < -0.3 is 18.7 Å². The molecule has 0 spiro atoms. The molecular weight excluding hydrogens is 272 g/mol. The molecule has 0 radical (unpaired) electrons. The summed E-state index contributed by atoms with van der Waals surface area (Å²) in [6.07, 6.45) is 0. The quantitative estimate of drug-likeness (QED) is 0.542. The maximum Gasteiger partial charge on any atom is 0.348 e. The van der Waals surface area contributed by atoms with Gasteiger partial charge in [0.2, 0.25) is 0 Å². The van der Waals surface area contributed by atoms with Crippen molar-refractivity contribution in [2.75, 3.05) is 7.11 Å². The minimum Gasteiger partial charge on any atom is -0.508 e. The van der Waals surface area contributed by atoms with Crippen LogP contribution in [-0.2, 0) is 0 Å². The largest absolute Gasteiger partial charge is 0.508 e. The van der Waals surface area contributed by atoms with E-state index in [-0.39, 0.29) is 5.75 Å². The summed E-state index contributed by atoms with van der Waals surface area (Å²) in [5, 5.41) is 11.1. The monoisotopic (exact) mass is 282 g/mol. The first-order chi connectivity index (χ1) is 10.2. The summed E-state index contributed by atoms with van der Waals surface area (Å²) < 4.78 is 16.4. The van der Waals surface area contributed by atoms with Crippen molar-refractivity contribution in [3.8, 4) is 11.5 Å². The molecule has 0 unspecified atom stereocenters. The van der Waals surface area contributed by atoms with Crippen LogP contribution in [0.2, 0.25) is 0 Å². The Morgan fingerprint density at radius 1 is 1.05 bits per heavy atom. The van der Waals surface area contributed by atoms with Crippen LogP contribution in [-0.4, -0.2) is 12.2 Å². The van der Waals surface area contributed by atoms with Crippen molar-refractivity contribution < 1.29 is 18.7 Å². The number of aromatic hydroxyl groups is 1. The molecule has 2 aromatic carbocycles. The van der Waals surface area contributed by atoms with Crippen molar-refractivity contribution >= 4 is 32.9 Å². The minimum atomic E-state index is -0.522. The molecule has 4 rings (SSSR count). The van der Waals surface area contributed by atoms with E-state index in [9.17, 15) is 9.90 Å². The average Bonchev–Trinajstić information content (AvgIpc) is 2.86. The van der Waals surface area contributed by atoms with Crippen LogP contribution in [0.4, 0.5) is 0 Å². The molecule has 0 bridgehead atoms. The van der Waals surface area contributed by atoms with Gasteiger partial charge in [0.15, 0.2) is 16.9 Å². The fraction of sp³-hybridized carbons (Fsp3) is 0.0625. The number of fused-ring (bicyclic) bond motifs is 5. The van der Waals surface area contributed by atoms with Gasteiger partial charge >= 0.3 is 5.63 Å². The van der Waals surface area contributed by atoms with Crippen molar-refractivity contribution in [1.82, 2.24) is 0 Å². The van der Waals surface area contributed by atoms with Gasteiger partial charge in [-0.05, 0) is 30.3 Å². The van der Waals surface area contributed by atoms with Crippen molar-refractivity contribution in [3.05, 3.63) is 46.8 Å². The summed E-state index contributed by atoms with van der Waals surface area (Å²) in [7, 11) is 1.51. The summed E-state index contributed by atoms with van der Waals surface area (Å²) in [6.45, 7) is 0. The Hall–Kier alpha value is -2.95. The van der Waals surface area contributed by atoms with Crippen LogP contribution in [0.25, 0.3) is 32.9 Å². The number of hydrogen-bond donors (Lipinski definition) is 1. The van der Waals surface area contributed by atoms with Gasteiger partial charge in [0.25, 0.3) is 0 Å². The molecule has 104 valence electrons. The molecule has 0 atom stereocenters. The number of rotatable bonds is 1.